The summed E-state index contributed by atoms with van der Waals surface area (Å²) in [6.07, 6.45) is 1.67. The van der Waals surface area contributed by atoms with Crippen LogP contribution in [0.25, 0.3) is 0 Å². The Kier molecular flexibility index (Phi) is 9.40. The van der Waals surface area contributed by atoms with Gasteiger partial charge in [-0.05, 0) is 38.2 Å². The Hall–Kier alpha value is -1.45. The van der Waals surface area contributed by atoms with Crippen LogP contribution < -0.4 is 15.5 Å². The Morgan fingerprint density at radius 1 is 1.14 bits per heavy atom. The third-order valence-corrected chi connectivity index (χ3v) is 5.04. The fraction of sp³-hybridized carbons (Fsp3) is 0.450. The van der Waals surface area contributed by atoms with Crippen molar-refractivity contribution >= 4 is 47.2 Å². The fourth-order valence-electron chi connectivity index (χ4n) is 3.13. The minimum Gasteiger partial charge on any atom is -0.467 e. The first-order valence-electron chi connectivity index (χ1n) is 9.43. The Balaban J connectivity index is 0.00000280. The molecule has 0 radical (unpaired) electrons. The molecular formula is C20H29ClIN5O. The SMILES string of the molecule is CCNC(=NCc1c(Cl)cccc1N1CCN(C)CC1)NCc1ccco1.I. The molecule has 8 heteroatoms. The Morgan fingerprint density at radius 3 is 2.61 bits per heavy atom. The topological polar surface area (TPSA) is 56.0 Å². The first-order chi connectivity index (χ1) is 13.2. The van der Waals surface area contributed by atoms with Crippen molar-refractivity contribution in [3.05, 3.63) is 52.9 Å². The second-order valence-corrected chi connectivity index (χ2v) is 7.06. The number of furan rings is 1. The van der Waals surface area contributed by atoms with Gasteiger partial charge in [0, 0.05) is 49.0 Å². The van der Waals surface area contributed by atoms with Crippen LogP contribution >= 0.6 is 35.6 Å². The number of nitrogens with zero attached hydrogens (tertiary/aromatic N) is 3. The largest absolute Gasteiger partial charge is 0.467 e. The van der Waals surface area contributed by atoms with Crippen molar-refractivity contribution in [1.82, 2.24) is 15.5 Å². The number of piperazine rings is 1. The van der Waals surface area contributed by atoms with E-state index in [0.29, 0.717) is 13.1 Å². The minimum atomic E-state index is 0. The summed E-state index contributed by atoms with van der Waals surface area (Å²) in [6, 6.07) is 9.92. The molecule has 1 saturated heterocycles. The summed E-state index contributed by atoms with van der Waals surface area (Å²) in [5.74, 6) is 1.62. The van der Waals surface area contributed by atoms with Gasteiger partial charge in [-0.1, -0.05) is 17.7 Å². The van der Waals surface area contributed by atoms with E-state index in [1.165, 1.54) is 5.69 Å². The van der Waals surface area contributed by atoms with Crippen LogP contribution in [0.15, 0.2) is 46.0 Å². The molecule has 2 aromatic rings. The molecule has 0 aliphatic carbocycles. The summed E-state index contributed by atoms with van der Waals surface area (Å²) in [7, 11) is 2.16. The highest BCUT2D eigenvalue weighted by Crippen LogP contribution is 2.29. The van der Waals surface area contributed by atoms with Gasteiger partial charge in [0.15, 0.2) is 5.96 Å². The molecule has 1 aromatic heterocycles. The van der Waals surface area contributed by atoms with Crippen molar-refractivity contribution in [3.8, 4) is 0 Å². The number of rotatable bonds is 6. The van der Waals surface area contributed by atoms with Gasteiger partial charge in [0.25, 0.3) is 0 Å². The molecule has 0 atom stereocenters. The molecule has 0 bridgehead atoms. The molecule has 0 amide bonds. The van der Waals surface area contributed by atoms with Gasteiger partial charge in [-0.25, -0.2) is 4.99 Å². The van der Waals surface area contributed by atoms with E-state index in [2.05, 4.69) is 40.5 Å². The predicted octanol–water partition coefficient (Wildman–Crippen LogP) is 3.56. The average Bonchev–Trinajstić information content (AvgIpc) is 3.19. The maximum absolute atomic E-state index is 6.53. The zero-order chi connectivity index (χ0) is 19.1. The van der Waals surface area contributed by atoms with Gasteiger partial charge < -0.3 is 24.9 Å². The van der Waals surface area contributed by atoms with Crippen LogP contribution in [0.3, 0.4) is 0 Å². The number of halogens is 2. The van der Waals surface area contributed by atoms with E-state index in [9.17, 15) is 0 Å². The third-order valence-electron chi connectivity index (χ3n) is 4.69. The summed E-state index contributed by atoms with van der Waals surface area (Å²) in [5, 5.41) is 7.33. The zero-order valence-corrected chi connectivity index (χ0v) is 19.5. The monoisotopic (exact) mass is 517 g/mol. The van der Waals surface area contributed by atoms with Crippen LogP contribution in [0.4, 0.5) is 5.69 Å². The molecule has 1 fully saturated rings. The van der Waals surface area contributed by atoms with Gasteiger partial charge in [-0.15, -0.1) is 24.0 Å². The Bertz CT molecular complexity index is 745. The average molecular weight is 518 g/mol. The summed E-state index contributed by atoms with van der Waals surface area (Å²) >= 11 is 6.53. The van der Waals surface area contributed by atoms with Crippen LogP contribution in [0, 0.1) is 0 Å². The van der Waals surface area contributed by atoms with Crippen LogP contribution in [0.5, 0.6) is 0 Å². The highest BCUT2D eigenvalue weighted by molar-refractivity contribution is 14.0. The van der Waals surface area contributed by atoms with Crippen LogP contribution in [0.2, 0.25) is 5.02 Å². The van der Waals surface area contributed by atoms with Crippen LogP contribution in [-0.4, -0.2) is 50.6 Å². The van der Waals surface area contributed by atoms with Gasteiger partial charge in [0.1, 0.15) is 5.76 Å². The quantitative estimate of drug-likeness (QED) is 0.349. The van der Waals surface area contributed by atoms with Crippen molar-refractivity contribution in [2.75, 3.05) is 44.7 Å². The molecule has 0 saturated carbocycles. The van der Waals surface area contributed by atoms with Gasteiger partial charge in [0.2, 0.25) is 0 Å². The molecule has 28 heavy (non-hydrogen) atoms. The van der Waals surface area contributed by atoms with E-state index >= 15 is 0 Å². The maximum Gasteiger partial charge on any atom is 0.191 e. The number of benzene rings is 1. The second kappa shape index (κ2) is 11.5. The van der Waals surface area contributed by atoms with Crippen molar-refractivity contribution in [3.63, 3.8) is 0 Å². The second-order valence-electron chi connectivity index (χ2n) is 6.66. The van der Waals surface area contributed by atoms with Crippen molar-refractivity contribution in [1.29, 1.82) is 0 Å². The lowest BCUT2D eigenvalue weighted by molar-refractivity contribution is 0.312. The van der Waals surface area contributed by atoms with Gasteiger partial charge in [-0.2, -0.15) is 0 Å². The first kappa shape index (κ1) is 22.8. The van der Waals surface area contributed by atoms with Gasteiger partial charge in [0.05, 0.1) is 19.4 Å². The highest BCUT2D eigenvalue weighted by Gasteiger charge is 2.18. The minimum absolute atomic E-state index is 0. The number of likely N-dealkylation sites (N-methyl/N-ethyl adjacent to an activating group) is 1. The zero-order valence-electron chi connectivity index (χ0n) is 16.4. The van der Waals surface area contributed by atoms with Crippen molar-refractivity contribution < 1.29 is 4.42 Å². The lowest BCUT2D eigenvalue weighted by Crippen LogP contribution is -2.44. The van der Waals surface area contributed by atoms with Crippen LogP contribution in [-0.2, 0) is 13.1 Å². The van der Waals surface area contributed by atoms with Crippen molar-refractivity contribution in [2.45, 2.75) is 20.0 Å². The molecule has 2 heterocycles. The van der Waals surface area contributed by atoms with E-state index in [0.717, 1.165) is 55.0 Å². The van der Waals surface area contributed by atoms with Gasteiger partial charge in [-0.3, -0.25) is 0 Å². The number of nitrogens with one attached hydrogen (secondary N) is 2. The molecular weight excluding hydrogens is 489 g/mol. The first-order valence-corrected chi connectivity index (χ1v) is 9.80. The number of hydrogen-bond acceptors (Lipinski definition) is 4. The molecule has 3 rings (SSSR count). The summed E-state index contributed by atoms with van der Waals surface area (Å²) < 4.78 is 5.37. The molecule has 154 valence electrons. The molecule has 2 N–H and O–H groups in total. The molecule has 1 aliphatic rings. The fourth-order valence-corrected chi connectivity index (χ4v) is 3.36. The number of aliphatic imine (C=N–C) groups is 1. The number of anilines is 1. The summed E-state index contributed by atoms with van der Waals surface area (Å²) in [6.45, 7) is 8.08. The Labute approximate surface area is 189 Å². The molecule has 1 aromatic carbocycles. The van der Waals surface area contributed by atoms with E-state index in [4.69, 9.17) is 21.0 Å². The van der Waals surface area contributed by atoms with E-state index in [1.807, 2.05) is 24.3 Å². The molecule has 1 aliphatic heterocycles. The Morgan fingerprint density at radius 2 is 1.93 bits per heavy atom. The van der Waals surface area contributed by atoms with Crippen LogP contribution in [0.1, 0.15) is 18.2 Å². The number of hydrogen-bond donors (Lipinski definition) is 2. The summed E-state index contributed by atoms with van der Waals surface area (Å²) in [5.41, 5.74) is 2.25. The molecule has 6 nitrogen and oxygen atoms in total. The standard InChI is InChI=1S/C20H28ClN5O.HI/c1-3-22-20(23-14-16-6-5-13-27-16)24-15-17-18(21)7-4-8-19(17)26-11-9-25(2)10-12-26;/h4-8,13H,3,9-12,14-15H2,1-2H3,(H2,22,23,24);1H. The van der Waals surface area contributed by atoms with E-state index in [-0.39, 0.29) is 24.0 Å². The van der Waals surface area contributed by atoms with E-state index < -0.39 is 0 Å². The summed E-state index contributed by atoms with van der Waals surface area (Å²) in [4.78, 5) is 9.50. The predicted molar refractivity (Wildman–Crippen MR) is 127 cm³/mol. The smallest absolute Gasteiger partial charge is 0.191 e. The maximum atomic E-state index is 6.53. The molecule has 0 unspecified atom stereocenters. The molecule has 0 spiro atoms. The van der Waals surface area contributed by atoms with Gasteiger partial charge >= 0.3 is 0 Å². The highest BCUT2D eigenvalue weighted by atomic mass is 127. The number of guanidine groups is 1. The third kappa shape index (κ3) is 6.28. The van der Waals surface area contributed by atoms with Crippen molar-refractivity contribution in [2.24, 2.45) is 4.99 Å². The van der Waals surface area contributed by atoms with E-state index in [1.54, 1.807) is 6.26 Å². The lowest BCUT2D eigenvalue weighted by atomic mass is 10.1. The lowest BCUT2D eigenvalue weighted by Gasteiger charge is -2.35. The normalized spacial score (nSPS) is 15.2.